The number of nitrogens with one attached hydrogen (secondary N) is 1. The maximum atomic E-state index is 13.3. The van der Waals surface area contributed by atoms with Crippen molar-refractivity contribution in [3.05, 3.63) is 97.8 Å². The molecule has 3 aromatic carbocycles. The number of hydrogen-bond donors (Lipinski definition) is 1. The predicted octanol–water partition coefficient (Wildman–Crippen LogP) is 4.75. The SMILES string of the molecule is COc1cc(/C=C2\C(=O)NC(=O)N(c3ccc(F)cc3)C2=O)c(Br)cc1OCc1cccc([N+](=O)[O-])c1. The smallest absolute Gasteiger partial charge is 0.335 e. The Morgan fingerprint density at radius 2 is 1.81 bits per heavy atom. The van der Waals surface area contributed by atoms with E-state index in [2.05, 4.69) is 21.2 Å². The highest BCUT2D eigenvalue weighted by Gasteiger charge is 2.37. The van der Waals surface area contributed by atoms with Crippen LogP contribution in [0.2, 0.25) is 0 Å². The predicted molar refractivity (Wildman–Crippen MR) is 134 cm³/mol. The largest absolute Gasteiger partial charge is 0.493 e. The summed E-state index contributed by atoms with van der Waals surface area (Å²) < 4.78 is 24.9. The lowest BCUT2D eigenvalue weighted by Gasteiger charge is -2.26. The van der Waals surface area contributed by atoms with Gasteiger partial charge in [0.1, 0.15) is 18.0 Å². The number of anilines is 1. The van der Waals surface area contributed by atoms with Crippen molar-refractivity contribution in [3.8, 4) is 11.5 Å². The molecular weight excluding hydrogens is 553 g/mol. The van der Waals surface area contributed by atoms with Gasteiger partial charge in [0.15, 0.2) is 11.5 Å². The van der Waals surface area contributed by atoms with Gasteiger partial charge in [-0.3, -0.25) is 25.0 Å². The number of amides is 4. The lowest BCUT2D eigenvalue weighted by molar-refractivity contribution is -0.384. The van der Waals surface area contributed by atoms with Crippen LogP contribution in [0.5, 0.6) is 11.5 Å². The minimum Gasteiger partial charge on any atom is -0.493 e. The van der Waals surface area contributed by atoms with Gasteiger partial charge in [0.2, 0.25) is 0 Å². The summed E-state index contributed by atoms with van der Waals surface area (Å²) in [6.45, 7) is 0.0144. The molecule has 1 aliphatic heterocycles. The van der Waals surface area contributed by atoms with Gasteiger partial charge in [-0.1, -0.05) is 28.1 Å². The molecule has 0 radical (unpaired) electrons. The average Bonchev–Trinajstić information content (AvgIpc) is 2.87. The van der Waals surface area contributed by atoms with E-state index in [0.29, 0.717) is 21.3 Å². The molecule has 0 aliphatic carbocycles. The van der Waals surface area contributed by atoms with Crippen LogP contribution < -0.4 is 19.7 Å². The van der Waals surface area contributed by atoms with Crippen molar-refractivity contribution in [1.29, 1.82) is 0 Å². The Balaban J connectivity index is 1.62. The molecule has 0 atom stereocenters. The third-order valence-corrected chi connectivity index (χ3v) is 5.97. The van der Waals surface area contributed by atoms with Crippen LogP contribution >= 0.6 is 15.9 Å². The Bertz CT molecular complexity index is 1460. The molecule has 0 aromatic heterocycles. The van der Waals surface area contributed by atoms with Gasteiger partial charge in [0.05, 0.1) is 17.7 Å². The molecule has 12 heteroatoms. The van der Waals surface area contributed by atoms with Gasteiger partial charge in [-0.25, -0.2) is 14.1 Å². The van der Waals surface area contributed by atoms with Crippen LogP contribution in [0, 0.1) is 15.9 Å². The number of carbonyl (C=O) groups excluding carboxylic acids is 3. The molecule has 1 N–H and O–H groups in total. The molecule has 0 unspecified atom stereocenters. The van der Waals surface area contributed by atoms with Crippen LogP contribution in [0.25, 0.3) is 6.08 Å². The standard InChI is InChI=1S/C25H17BrFN3O7/c1-36-21-11-15(20(26)12-22(21)37-13-14-3-2-4-18(9-14)30(34)35)10-19-23(31)28-25(33)29(24(19)32)17-7-5-16(27)6-8-17/h2-12H,13H2,1H3,(H,28,31,33)/b19-10+. The molecule has 0 bridgehead atoms. The number of rotatable bonds is 7. The Labute approximate surface area is 217 Å². The highest BCUT2D eigenvalue weighted by atomic mass is 79.9. The zero-order chi connectivity index (χ0) is 26.7. The summed E-state index contributed by atoms with van der Waals surface area (Å²) in [4.78, 5) is 49.1. The van der Waals surface area contributed by atoms with E-state index in [9.17, 15) is 28.9 Å². The Hall–Kier alpha value is -4.58. The molecule has 4 amide bonds. The quantitative estimate of drug-likeness (QED) is 0.188. The molecule has 0 spiro atoms. The maximum absolute atomic E-state index is 13.3. The van der Waals surface area contributed by atoms with E-state index in [1.165, 1.54) is 43.5 Å². The van der Waals surface area contributed by atoms with Gasteiger partial charge in [-0.2, -0.15) is 0 Å². The number of hydrogen-bond acceptors (Lipinski definition) is 7. The van der Waals surface area contributed by atoms with Crippen LogP contribution in [0.3, 0.4) is 0 Å². The van der Waals surface area contributed by atoms with Crippen molar-refractivity contribution in [2.24, 2.45) is 0 Å². The number of imide groups is 2. The summed E-state index contributed by atoms with van der Waals surface area (Å²) in [6, 6.07) is 12.8. The lowest BCUT2D eigenvalue weighted by Crippen LogP contribution is -2.54. The van der Waals surface area contributed by atoms with Crippen LogP contribution in [-0.4, -0.2) is 29.9 Å². The van der Waals surface area contributed by atoms with Gasteiger partial charge in [-0.05, 0) is 53.6 Å². The van der Waals surface area contributed by atoms with Crippen molar-refractivity contribution in [1.82, 2.24) is 5.32 Å². The second-order valence-corrected chi connectivity index (χ2v) is 8.53. The van der Waals surface area contributed by atoms with Crippen molar-refractivity contribution < 1.29 is 33.2 Å². The summed E-state index contributed by atoms with van der Waals surface area (Å²) in [5.74, 6) is -1.78. The van der Waals surface area contributed by atoms with E-state index < -0.39 is 28.6 Å². The number of barbiturate groups is 1. The zero-order valence-corrected chi connectivity index (χ0v) is 20.7. The van der Waals surface area contributed by atoms with Crippen LogP contribution in [-0.2, 0) is 16.2 Å². The van der Waals surface area contributed by atoms with E-state index in [4.69, 9.17) is 9.47 Å². The highest BCUT2D eigenvalue weighted by molar-refractivity contribution is 9.10. The first-order chi connectivity index (χ1) is 17.7. The van der Waals surface area contributed by atoms with Crippen molar-refractivity contribution in [2.45, 2.75) is 6.61 Å². The number of benzene rings is 3. The number of nitro groups is 1. The number of carbonyl (C=O) groups is 3. The van der Waals surface area contributed by atoms with E-state index >= 15 is 0 Å². The van der Waals surface area contributed by atoms with Crippen molar-refractivity contribution >= 4 is 51.2 Å². The van der Waals surface area contributed by atoms with Crippen molar-refractivity contribution in [2.75, 3.05) is 12.0 Å². The van der Waals surface area contributed by atoms with Crippen LogP contribution in [0.1, 0.15) is 11.1 Å². The van der Waals surface area contributed by atoms with Gasteiger partial charge in [-0.15, -0.1) is 0 Å². The molecule has 10 nitrogen and oxygen atoms in total. The average molecular weight is 570 g/mol. The van der Waals surface area contributed by atoms with Gasteiger partial charge >= 0.3 is 6.03 Å². The van der Waals surface area contributed by atoms with Crippen LogP contribution in [0.4, 0.5) is 20.6 Å². The monoisotopic (exact) mass is 569 g/mol. The van der Waals surface area contributed by atoms with Gasteiger partial charge in [0, 0.05) is 16.6 Å². The summed E-state index contributed by atoms with van der Waals surface area (Å²) in [7, 11) is 1.40. The number of nitrogens with zero attached hydrogens (tertiary/aromatic N) is 2. The second kappa shape index (κ2) is 10.6. The Kier molecular flexibility index (Phi) is 7.30. The zero-order valence-electron chi connectivity index (χ0n) is 19.1. The number of urea groups is 1. The fraction of sp³-hybridized carbons (Fsp3) is 0.0800. The normalized spacial score (nSPS) is 14.5. The van der Waals surface area contributed by atoms with E-state index in [1.54, 1.807) is 18.2 Å². The molecule has 3 aromatic rings. The van der Waals surface area contributed by atoms with E-state index in [1.807, 2.05) is 0 Å². The number of non-ortho nitro benzene ring substituents is 1. The first-order valence-corrected chi connectivity index (χ1v) is 11.4. The number of halogens is 2. The van der Waals surface area contributed by atoms with Crippen LogP contribution in [0.15, 0.2) is 70.7 Å². The number of ether oxygens (including phenoxy) is 2. The summed E-state index contributed by atoms with van der Waals surface area (Å²) in [5, 5.41) is 13.1. The second-order valence-electron chi connectivity index (χ2n) is 7.67. The van der Waals surface area contributed by atoms with Gasteiger partial charge in [0.25, 0.3) is 17.5 Å². The number of methoxy groups -OCH3 is 1. The summed E-state index contributed by atoms with van der Waals surface area (Å²) >= 11 is 3.38. The molecule has 1 fully saturated rings. The first kappa shape index (κ1) is 25.5. The highest BCUT2D eigenvalue weighted by Crippen LogP contribution is 2.36. The third-order valence-electron chi connectivity index (χ3n) is 5.29. The Morgan fingerprint density at radius 1 is 1.08 bits per heavy atom. The molecule has 1 heterocycles. The molecular formula is C25H17BrFN3O7. The summed E-state index contributed by atoms with van der Waals surface area (Å²) in [5.41, 5.74) is 0.612. The minimum atomic E-state index is -0.958. The first-order valence-electron chi connectivity index (χ1n) is 10.6. The molecule has 1 aliphatic rings. The minimum absolute atomic E-state index is 0.0144. The molecule has 188 valence electrons. The fourth-order valence-corrected chi connectivity index (χ4v) is 3.93. The van der Waals surface area contributed by atoms with E-state index in [0.717, 1.165) is 17.0 Å². The maximum Gasteiger partial charge on any atom is 0.335 e. The fourth-order valence-electron chi connectivity index (χ4n) is 3.49. The molecule has 1 saturated heterocycles. The lowest BCUT2D eigenvalue weighted by atomic mass is 10.1. The number of nitro benzene ring substituents is 1. The van der Waals surface area contributed by atoms with Crippen molar-refractivity contribution in [3.63, 3.8) is 0 Å². The third kappa shape index (κ3) is 5.48. The molecule has 0 saturated carbocycles. The molecule has 37 heavy (non-hydrogen) atoms. The molecule has 4 rings (SSSR count). The van der Waals surface area contributed by atoms with E-state index in [-0.39, 0.29) is 29.3 Å². The summed E-state index contributed by atoms with van der Waals surface area (Å²) in [6.07, 6.45) is 1.28. The Morgan fingerprint density at radius 3 is 2.49 bits per heavy atom. The van der Waals surface area contributed by atoms with Gasteiger partial charge < -0.3 is 9.47 Å². The topological polar surface area (TPSA) is 128 Å².